The number of aromatic amines is 1. The third-order valence-electron chi connectivity index (χ3n) is 5.23. The Morgan fingerprint density at radius 2 is 2.03 bits per heavy atom. The number of carbonyl (C=O) groups is 3. The van der Waals surface area contributed by atoms with E-state index in [-0.39, 0.29) is 34.9 Å². The van der Waals surface area contributed by atoms with E-state index in [0.29, 0.717) is 0 Å². The molecule has 2 aromatic rings. The summed E-state index contributed by atoms with van der Waals surface area (Å²) in [7, 11) is 1.19. The molecule has 0 unspecified atom stereocenters. The predicted molar refractivity (Wildman–Crippen MR) is 105 cm³/mol. The van der Waals surface area contributed by atoms with E-state index in [0.717, 1.165) is 23.4 Å². The lowest BCUT2D eigenvalue weighted by Crippen LogP contribution is -2.53. The number of halogens is 4. The molecule has 1 aromatic heterocycles. The molecule has 0 radical (unpaired) electrons. The second kappa shape index (κ2) is 8.58. The molecule has 1 fully saturated rings. The van der Waals surface area contributed by atoms with Crippen molar-refractivity contribution >= 4 is 35.0 Å². The number of imidazole rings is 1. The second-order valence-electron chi connectivity index (χ2n) is 7.28. The fourth-order valence-electron chi connectivity index (χ4n) is 3.63. The molecule has 1 aromatic carbocycles. The number of nitrogens with zero attached hydrogens (tertiary/aromatic N) is 2. The van der Waals surface area contributed by atoms with Crippen LogP contribution >= 0.6 is 11.6 Å². The molecule has 8 nitrogen and oxygen atoms in total. The summed E-state index contributed by atoms with van der Waals surface area (Å²) in [6, 6.07) is 1.83. The normalized spacial score (nSPS) is 20.2. The van der Waals surface area contributed by atoms with Crippen LogP contribution in [0.1, 0.15) is 40.2 Å². The van der Waals surface area contributed by atoms with Crippen molar-refractivity contribution < 1.29 is 27.6 Å². The van der Waals surface area contributed by atoms with Crippen molar-refractivity contribution in [3.05, 3.63) is 46.8 Å². The van der Waals surface area contributed by atoms with Crippen LogP contribution in [0.4, 0.5) is 18.9 Å². The van der Waals surface area contributed by atoms with Gasteiger partial charge in [0, 0.05) is 19.4 Å². The number of rotatable bonds is 5. The first-order chi connectivity index (χ1) is 14.5. The Labute approximate surface area is 179 Å². The summed E-state index contributed by atoms with van der Waals surface area (Å²) < 4.78 is 42.9. The van der Waals surface area contributed by atoms with Gasteiger partial charge in [0.2, 0.25) is 5.91 Å². The molecule has 1 heterocycles. The van der Waals surface area contributed by atoms with E-state index in [9.17, 15) is 27.6 Å². The second-order valence-corrected chi connectivity index (χ2v) is 7.68. The Balaban J connectivity index is 1.70. The number of amides is 3. The Morgan fingerprint density at radius 3 is 2.65 bits per heavy atom. The van der Waals surface area contributed by atoms with Gasteiger partial charge in [-0.3, -0.25) is 14.4 Å². The molecule has 12 heteroatoms. The van der Waals surface area contributed by atoms with E-state index in [1.807, 2.05) is 0 Å². The van der Waals surface area contributed by atoms with Crippen molar-refractivity contribution in [2.45, 2.75) is 31.2 Å². The molecule has 0 bridgehead atoms. The topological polar surface area (TPSA) is 121 Å². The van der Waals surface area contributed by atoms with Crippen molar-refractivity contribution in [3.63, 3.8) is 0 Å². The number of benzene rings is 1. The number of carbonyl (C=O) groups excluding carboxylic acids is 3. The summed E-state index contributed by atoms with van der Waals surface area (Å²) in [6.45, 7) is 0. The van der Waals surface area contributed by atoms with Gasteiger partial charge in [-0.25, -0.2) is 18.2 Å². The lowest BCUT2D eigenvalue weighted by atomic mass is 9.81. The zero-order chi connectivity index (χ0) is 22.9. The molecule has 1 aliphatic carbocycles. The highest BCUT2D eigenvalue weighted by Gasteiger charge is 2.50. The van der Waals surface area contributed by atoms with Gasteiger partial charge < -0.3 is 20.9 Å². The first kappa shape index (κ1) is 22.6. The fraction of sp³-hybridized carbons (Fsp3) is 0.368. The van der Waals surface area contributed by atoms with Gasteiger partial charge >= 0.3 is 0 Å². The highest BCUT2D eigenvalue weighted by atomic mass is 35.5. The SMILES string of the molecule is CN(C(=O)c1[nH]cnc1C(N)=O)[C@H]1CC[C@H](C(=O)Nc2ccc(F)cc2Cl)CC1(F)F. The molecular weight excluding hydrogens is 439 g/mol. The van der Waals surface area contributed by atoms with Crippen LogP contribution in [0.3, 0.4) is 0 Å². The van der Waals surface area contributed by atoms with E-state index in [1.165, 1.54) is 13.1 Å². The average Bonchev–Trinajstić information content (AvgIpc) is 3.18. The molecule has 0 aliphatic heterocycles. The lowest BCUT2D eigenvalue weighted by Gasteiger charge is -2.40. The highest BCUT2D eigenvalue weighted by Crippen LogP contribution is 2.40. The van der Waals surface area contributed by atoms with Crippen LogP contribution in [-0.2, 0) is 4.79 Å². The zero-order valence-electron chi connectivity index (χ0n) is 16.3. The van der Waals surface area contributed by atoms with Gasteiger partial charge in [0.05, 0.1) is 23.1 Å². The number of nitrogens with one attached hydrogen (secondary N) is 2. The Bertz CT molecular complexity index is 1030. The van der Waals surface area contributed by atoms with Crippen molar-refractivity contribution in [1.82, 2.24) is 14.9 Å². The van der Waals surface area contributed by atoms with Crippen LogP contribution < -0.4 is 11.1 Å². The minimum Gasteiger partial charge on any atom is -0.364 e. The number of nitrogens with two attached hydrogens (primary N) is 1. The number of hydrogen-bond donors (Lipinski definition) is 3. The highest BCUT2D eigenvalue weighted by molar-refractivity contribution is 6.33. The molecule has 3 rings (SSSR count). The van der Waals surface area contributed by atoms with Gasteiger partial charge in [-0.1, -0.05) is 11.6 Å². The molecule has 0 saturated heterocycles. The molecule has 1 aliphatic rings. The monoisotopic (exact) mass is 457 g/mol. The van der Waals surface area contributed by atoms with E-state index >= 15 is 0 Å². The van der Waals surface area contributed by atoms with Gasteiger partial charge in [-0.15, -0.1) is 0 Å². The first-order valence-corrected chi connectivity index (χ1v) is 9.63. The molecule has 31 heavy (non-hydrogen) atoms. The summed E-state index contributed by atoms with van der Waals surface area (Å²) in [4.78, 5) is 43.4. The maximum Gasteiger partial charge on any atom is 0.272 e. The Morgan fingerprint density at radius 1 is 1.32 bits per heavy atom. The quantitative estimate of drug-likeness (QED) is 0.639. The largest absolute Gasteiger partial charge is 0.364 e. The van der Waals surface area contributed by atoms with E-state index in [4.69, 9.17) is 17.3 Å². The summed E-state index contributed by atoms with van der Waals surface area (Å²) in [5.74, 6) is -7.53. The molecule has 166 valence electrons. The molecule has 1 saturated carbocycles. The van der Waals surface area contributed by atoms with Crippen LogP contribution in [0.5, 0.6) is 0 Å². The summed E-state index contributed by atoms with van der Waals surface area (Å²) >= 11 is 5.86. The third kappa shape index (κ3) is 4.66. The van der Waals surface area contributed by atoms with Gasteiger partial charge in [0.25, 0.3) is 17.7 Å². The minimum atomic E-state index is -3.38. The number of primary amides is 1. The van der Waals surface area contributed by atoms with E-state index in [1.54, 1.807) is 0 Å². The van der Waals surface area contributed by atoms with Crippen molar-refractivity contribution in [1.29, 1.82) is 0 Å². The van der Waals surface area contributed by atoms with Crippen LogP contribution in [0.15, 0.2) is 24.5 Å². The predicted octanol–water partition coefficient (Wildman–Crippen LogP) is 2.82. The molecule has 0 spiro atoms. The maximum atomic E-state index is 14.9. The van der Waals surface area contributed by atoms with E-state index in [2.05, 4.69) is 15.3 Å². The molecular formula is C19H19ClF3N5O3. The van der Waals surface area contributed by atoms with Gasteiger partial charge in [-0.2, -0.15) is 0 Å². The Hall–Kier alpha value is -3.08. The summed E-state index contributed by atoms with van der Waals surface area (Å²) in [6.07, 6.45) is 0.186. The van der Waals surface area contributed by atoms with Crippen LogP contribution in [0.25, 0.3) is 0 Å². The number of alkyl halides is 2. The van der Waals surface area contributed by atoms with Crippen LogP contribution in [0.2, 0.25) is 5.02 Å². The van der Waals surface area contributed by atoms with Crippen molar-refractivity contribution in [3.8, 4) is 0 Å². The van der Waals surface area contributed by atoms with Gasteiger partial charge in [0.15, 0.2) is 5.69 Å². The summed E-state index contributed by atoms with van der Waals surface area (Å²) in [5, 5.41) is 2.39. The summed E-state index contributed by atoms with van der Waals surface area (Å²) in [5.41, 5.74) is 4.64. The average molecular weight is 458 g/mol. The number of H-pyrrole nitrogens is 1. The minimum absolute atomic E-state index is 0.0519. The standard InChI is InChI=1S/C19H19ClF3N5O3/c1-28(18(31)15-14(16(24)29)25-8-26-15)13-5-2-9(7-19(13,22)23)17(30)27-12-4-3-10(21)6-11(12)20/h3-4,6,8-9,13H,2,5,7H2,1H3,(H2,24,29)(H,25,26)(H,27,30)/t9-,13-/m0/s1. The number of hydrogen-bond acceptors (Lipinski definition) is 4. The van der Waals surface area contributed by atoms with Crippen LogP contribution in [0, 0.1) is 11.7 Å². The maximum absolute atomic E-state index is 14.9. The fourth-order valence-corrected chi connectivity index (χ4v) is 3.84. The van der Waals surface area contributed by atoms with E-state index < -0.39 is 47.8 Å². The van der Waals surface area contributed by atoms with Gasteiger partial charge in [-0.05, 0) is 31.0 Å². The lowest BCUT2D eigenvalue weighted by molar-refractivity contribution is -0.135. The number of aromatic nitrogens is 2. The molecule has 3 amide bonds. The van der Waals surface area contributed by atoms with Crippen molar-refractivity contribution in [2.24, 2.45) is 11.7 Å². The third-order valence-corrected chi connectivity index (χ3v) is 5.54. The van der Waals surface area contributed by atoms with Gasteiger partial charge in [0.1, 0.15) is 11.5 Å². The van der Waals surface area contributed by atoms with Crippen molar-refractivity contribution in [2.75, 3.05) is 12.4 Å². The molecule has 2 atom stereocenters. The zero-order valence-corrected chi connectivity index (χ0v) is 17.0. The number of anilines is 1. The Kier molecular flexibility index (Phi) is 6.25. The molecule has 4 N–H and O–H groups in total. The smallest absolute Gasteiger partial charge is 0.272 e. The van der Waals surface area contributed by atoms with Crippen LogP contribution in [-0.4, -0.2) is 51.6 Å². The first-order valence-electron chi connectivity index (χ1n) is 9.25.